The molecule has 0 saturated carbocycles. The van der Waals surface area contributed by atoms with Gasteiger partial charge in [-0.05, 0) is 25.9 Å². The maximum absolute atomic E-state index is 2.57. The molecule has 0 aliphatic heterocycles. The third kappa shape index (κ3) is 4.94. The fraction of sp³-hybridized carbons (Fsp3) is 1.00. The van der Waals surface area contributed by atoms with Crippen LogP contribution in [0.25, 0.3) is 0 Å². The van der Waals surface area contributed by atoms with E-state index < -0.39 is 8.24 Å². The van der Waals surface area contributed by atoms with Crippen LogP contribution in [0.5, 0.6) is 0 Å². The molecule has 74 valence electrons. The van der Waals surface area contributed by atoms with Crippen molar-refractivity contribution in [2.24, 2.45) is 5.92 Å². The van der Waals surface area contributed by atoms with E-state index in [-0.39, 0.29) is 0 Å². The lowest BCUT2D eigenvalue weighted by molar-refractivity contribution is 0.416. The maximum Gasteiger partial charge on any atom is 0.118 e. The molecule has 0 aromatic carbocycles. The van der Waals surface area contributed by atoms with Crippen LogP contribution in [0.1, 0.15) is 26.7 Å². The highest BCUT2D eigenvalue weighted by Gasteiger charge is 2.19. The molecule has 0 aromatic heterocycles. The van der Waals surface area contributed by atoms with Gasteiger partial charge in [-0.1, -0.05) is 39.9 Å². The highest BCUT2D eigenvalue weighted by atomic mass is 28.3. The second kappa shape index (κ2) is 5.03. The van der Waals surface area contributed by atoms with Gasteiger partial charge in [0.05, 0.1) is 0 Å². The van der Waals surface area contributed by atoms with E-state index in [1.807, 2.05) is 0 Å². The first-order valence-corrected chi connectivity index (χ1v) is 8.54. The van der Waals surface area contributed by atoms with Crippen molar-refractivity contribution in [2.45, 2.75) is 46.3 Å². The standard InChI is InChI=1S/C10H25NSi/c1-7-10(2)8-9-11(3)12(4,5)6/h10H,7-9H2,1-6H3. The van der Waals surface area contributed by atoms with Crippen molar-refractivity contribution >= 4 is 8.24 Å². The fourth-order valence-electron chi connectivity index (χ4n) is 0.954. The Bertz CT molecular complexity index is 117. The molecule has 0 spiro atoms. The van der Waals surface area contributed by atoms with Gasteiger partial charge in [-0.3, -0.25) is 0 Å². The quantitative estimate of drug-likeness (QED) is 0.598. The monoisotopic (exact) mass is 187 g/mol. The van der Waals surface area contributed by atoms with E-state index in [1.54, 1.807) is 0 Å². The van der Waals surface area contributed by atoms with Crippen molar-refractivity contribution < 1.29 is 0 Å². The Balaban J connectivity index is 3.64. The number of hydrogen-bond donors (Lipinski definition) is 0. The minimum Gasteiger partial charge on any atom is -0.327 e. The number of rotatable bonds is 5. The molecule has 1 nitrogen and oxygen atoms in total. The Hall–Kier alpha value is 0.177. The van der Waals surface area contributed by atoms with Crippen LogP contribution in [0.3, 0.4) is 0 Å². The normalized spacial score (nSPS) is 15.2. The minimum atomic E-state index is -1.01. The van der Waals surface area contributed by atoms with Gasteiger partial charge in [0.1, 0.15) is 8.24 Å². The summed E-state index contributed by atoms with van der Waals surface area (Å²) in [6, 6.07) is 0. The summed E-state index contributed by atoms with van der Waals surface area (Å²) in [7, 11) is 1.27. The van der Waals surface area contributed by atoms with Gasteiger partial charge >= 0.3 is 0 Å². The van der Waals surface area contributed by atoms with Crippen molar-refractivity contribution in [1.29, 1.82) is 0 Å². The van der Waals surface area contributed by atoms with Gasteiger partial charge in [0.2, 0.25) is 0 Å². The van der Waals surface area contributed by atoms with Crippen molar-refractivity contribution in [1.82, 2.24) is 4.57 Å². The van der Waals surface area contributed by atoms with Crippen LogP contribution in [0, 0.1) is 5.92 Å². The summed E-state index contributed by atoms with van der Waals surface area (Å²) < 4.78 is 2.57. The summed E-state index contributed by atoms with van der Waals surface area (Å²) >= 11 is 0. The predicted octanol–water partition coefficient (Wildman–Crippen LogP) is 3.19. The molecule has 12 heavy (non-hydrogen) atoms. The Morgan fingerprint density at radius 3 is 2.08 bits per heavy atom. The highest BCUT2D eigenvalue weighted by Crippen LogP contribution is 2.11. The molecule has 1 unspecified atom stereocenters. The second-order valence-corrected chi connectivity index (χ2v) is 10.00. The lowest BCUT2D eigenvalue weighted by Crippen LogP contribution is -2.43. The van der Waals surface area contributed by atoms with Crippen LogP contribution in [0.15, 0.2) is 0 Å². The highest BCUT2D eigenvalue weighted by molar-refractivity contribution is 6.73. The maximum atomic E-state index is 2.57. The smallest absolute Gasteiger partial charge is 0.118 e. The molecular weight excluding hydrogens is 162 g/mol. The lowest BCUT2D eigenvalue weighted by Gasteiger charge is -2.30. The Kier molecular flexibility index (Phi) is 5.10. The largest absolute Gasteiger partial charge is 0.327 e. The van der Waals surface area contributed by atoms with E-state index in [4.69, 9.17) is 0 Å². The average molecular weight is 187 g/mol. The molecule has 0 N–H and O–H groups in total. The van der Waals surface area contributed by atoms with E-state index in [1.165, 1.54) is 19.4 Å². The van der Waals surface area contributed by atoms with E-state index >= 15 is 0 Å². The van der Waals surface area contributed by atoms with E-state index in [2.05, 4.69) is 45.1 Å². The Morgan fingerprint density at radius 2 is 1.75 bits per heavy atom. The molecule has 0 bridgehead atoms. The molecule has 0 aliphatic carbocycles. The first kappa shape index (κ1) is 12.2. The Labute approximate surface area is 79.2 Å². The molecule has 0 aliphatic rings. The average Bonchev–Trinajstić information content (AvgIpc) is 1.97. The SMILES string of the molecule is CCC(C)CCN(C)[Si](C)(C)C. The van der Waals surface area contributed by atoms with Crippen molar-refractivity contribution in [2.75, 3.05) is 13.6 Å². The zero-order chi connectivity index (χ0) is 9.78. The van der Waals surface area contributed by atoms with Gasteiger partial charge in [-0.2, -0.15) is 0 Å². The van der Waals surface area contributed by atoms with Crippen LogP contribution in [-0.4, -0.2) is 26.4 Å². The second-order valence-electron chi connectivity index (χ2n) is 4.89. The van der Waals surface area contributed by atoms with Crippen LogP contribution in [-0.2, 0) is 0 Å². The fourth-order valence-corrected chi connectivity index (χ4v) is 1.75. The van der Waals surface area contributed by atoms with Gasteiger partial charge in [0.15, 0.2) is 0 Å². The van der Waals surface area contributed by atoms with Gasteiger partial charge in [0.25, 0.3) is 0 Å². The summed E-state index contributed by atoms with van der Waals surface area (Å²) in [6.07, 6.45) is 2.68. The molecular formula is C10H25NSi. The number of hydrogen-bond acceptors (Lipinski definition) is 1. The summed E-state index contributed by atoms with van der Waals surface area (Å²) in [5, 5.41) is 0. The topological polar surface area (TPSA) is 3.24 Å². The molecule has 2 heteroatoms. The van der Waals surface area contributed by atoms with Crippen LogP contribution >= 0.6 is 0 Å². The third-order valence-corrected chi connectivity index (χ3v) is 5.31. The molecule has 0 rings (SSSR count). The van der Waals surface area contributed by atoms with E-state index in [0.29, 0.717) is 0 Å². The van der Waals surface area contributed by atoms with Crippen LogP contribution in [0.4, 0.5) is 0 Å². The molecule has 0 amide bonds. The van der Waals surface area contributed by atoms with Crippen LogP contribution < -0.4 is 0 Å². The summed E-state index contributed by atoms with van der Waals surface area (Å²) in [5.74, 6) is 0.892. The third-order valence-electron chi connectivity index (χ3n) is 2.80. The first-order chi connectivity index (χ1) is 5.38. The number of nitrogens with zero attached hydrogens (tertiary/aromatic N) is 1. The first-order valence-electron chi connectivity index (χ1n) is 5.09. The molecule has 0 aromatic rings. The van der Waals surface area contributed by atoms with E-state index in [0.717, 1.165) is 5.92 Å². The zero-order valence-corrected chi connectivity index (χ0v) is 10.6. The molecule has 0 saturated heterocycles. The summed E-state index contributed by atoms with van der Waals surface area (Å²) in [5.41, 5.74) is 0. The summed E-state index contributed by atoms with van der Waals surface area (Å²) in [6.45, 7) is 13.1. The molecule has 0 fully saturated rings. The minimum absolute atomic E-state index is 0.892. The zero-order valence-electron chi connectivity index (χ0n) is 9.65. The van der Waals surface area contributed by atoms with Crippen LogP contribution in [0.2, 0.25) is 19.6 Å². The molecule has 1 atom stereocenters. The predicted molar refractivity (Wildman–Crippen MR) is 60.0 cm³/mol. The lowest BCUT2D eigenvalue weighted by atomic mass is 10.1. The van der Waals surface area contributed by atoms with Crippen molar-refractivity contribution in [3.8, 4) is 0 Å². The summed E-state index contributed by atoms with van der Waals surface area (Å²) in [4.78, 5) is 0. The van der Waals surface area contributed by atoms with Crippen molar-refractivity contribution in [3.63, 3.8) is 0 Å². The van der Waals surface area contributed by atoms with Gasteiger partial charge in [-0.25, -0.2) is 0 Å². The Morgan fingerprint density at radius 1 is 1.25 bits per heavy atom. The van der Waals surface area contributed by atoms with Gasteiger partial charge in [0, 0.05) is 0 Å². The van der Waals surface area contributed by atoms with E-state index in [9.17, 15) is 0 Å². The van der Waals surface area contributed by atoms with Gasteiger partial charge in [-0.15, -0.1) is 0 Å². The van der Waals surface area contributed by atoms with Crippen molar-refractivity contribution in [3.05, 3.63) is 0 Å². The molecule has 0 radical (unpaired) electrons. The molecule has 0 heterocycles. The van der Waals surface area contributed by atoms with Gasteiger partial charge < -0.3 is 4.57 Å².